The second-order valence-electron chi connectivity index (χ2n) is 6.40. The summed E-state index contributed by atoms with van der Waals surface area (Å²) < 4.78 is 13.3. The number of nitrogens with zero attached hydrogens (tertiary/aromatic N) is 3. The largest absolute Gasteiger partial charge is 0.494 e. The van der Waals surface area contributed by atoms with Gasteiger partial charge in [0.1, 0.15) is 5.75 Å². The van der Waals surface area contributed by atoms with Gasteiger partial charge in [-0.2, -0.15) is 5.10 Å². The van der Waals surface area contributed by atoms with Gasteiger partial charge in [0.25, 0.3) is 0 Å². The molecule has 0 amide bonds. The average Bonchev–Trinajstić information content (AvgIpc) is 3.10. The van der Waals surface area contributed by atoms with Crippen LogP contribution in [0.1, 0.15) is 31.7 Å². The summed E-state index contributed by atoms with van der Waals surface area (Å²) in [6.45, 7) is 9.92. The molecule has 1 aromatic heterocycles. The first-order valence-electron chi connectivity index (χ1n) is 9.41. The van der Waals surface area contributed by atoms with Gasteiger partial charge in [-0.15, -0.1) is 0 Å². The van der Waals surface area contributed by atoms with E-state index < -0.39 is 0 Å². The van der Waals surface area contributed by atoms with Crippen LogP contribution in [0.15, 0.2) is 30.3 Å². The van der Waals surface area contributed by atoms with E-state index in [1.165, 1.54) is 5.69 Å². The molecule has 0 saturated carbocycles. The molecule has 1 fully saturated rings. The van der Waals surface area contributed by atoms with Gasteiger partial charge >= 0.3 is 0 Å². The van der Waals surface area contributed by atoms with Crippen molar-refractivity contribution in [1.29, 1.82) is 0 Å². The summed E-state index contributed by atoms with van der Waals surface area (Å²) in [5.74, 6) is 0.923. The highest BCUT2D eigenvalue weighted by molar-refractivity contribution is 5.38. The van der Waals surface area contributed by atoms with Crippen LogP contribution in [0.5, 0.6) is 5.75 Å². The fraction of sp³-hybridized carbons (Fsp3) is 0.550. The van der Waals surface area contributed by atoms with E-state index in [4.69, 9.17) is 9.47 Å². The van der Waals surface area contributed by atoms with Crippen LogP contribution in [0.3, 0.4) is 0 Å². The molecule has 2 heterocycles. The molecule has 0 spiro atoms. The van der Waals surface area contributed by atoms with E-state index in [2.05, 4.69) is 42.0 Å². The Hall–Kier alpha value is -1.85. The molecule has 1 aromatic carbocycles. The Bertz CT molecular complexity index is 645. The highest BCUT2D eigenvalue weighted by Gasteiger charge is 2.10. The molecule has 1 aliphatic heterocycles. The van der Waals surface area contributed by atoms with E-state index in [1.54, 1.807) is 0 Å². The number of ether oxygens (including phenoxy) is 2. The van der Waals surface area contributed by atoms with Gasteiger partial charge in [-0.1, -0.05) is 13.8 Å². The summed E-state index contributed by atoms with van der Waals surface area (Å²) in [5.41, 5.74) is 3.48. The molecular formula is C20H29N3O2. The maximum Gasteiger partial charge on any atom is 0.119 e. The Morgan fingerprint density at radius 2 is 1.84 bits per heavy atom. The highest BCUT2D eigenvalue weighted by Crippen LogP contribution is 2.18. The van der Waals surface area contributed by atoms with Crippen LogP contribution in [-0.2, 0) is 17.6 Å². The smallest absolute Gasteiger partial charge is 0.119 e. The third kappa shape index (κ3) is 4.83. The second kappa shape index (κ2) is 9.02. The van der Waals surface area contributed by atoms with E-state index in [0.29, 0.717) is 0 Å². The number of aryl methyl sites for hydroxylation is 2. The lowest BCUT2D eigenvalue weighted by atomic mass is 10.2. The topological polar surface area (TPSA) is 39.5 Å². The van der Waals surface area contributed by atoms with E-state index in [1.807, 2.05) is 16.8 Å². The van der Waals surface area contributed by atoms with Crippen molar-refractivity contribution < 1.29 is 9.47 Å². The molecule has 136 valence electrons. The van der Waals surface area contributed by atoms with Crippen LogP contribution < -0.4 is 4.74 Å². The molecule has 1 aliphatic rings. The minimum Gasteiger partial charge on any atom is -0.494 e. The summed E-state index contributed by atoms with van der Waals surface area (Å²) in [7, 11) is 0. The molecule has 0 bridgehead atoms. The summed E-state index contributed by atoms with van der Waals surface area (Å²) in [5, 5.41) is 4.69. The lowest BCUT2D eigenvalue weighted by Gasteiger charge is -2.26. The summed E-state index contributed by atoms with van der Waals surface area (Å²) in [6.07, 6.45) is 2.98. The molecule has 25 heavy (non-hydrogen) atoms. The number of hydrogen-bond donors (Lipinski definition) is 0. The van der Waals surface area contributed by atoms with Crippen LogP contribution in [0.2, 0.25) is 0 Å². The quantitative estimate of drug-likeness (QED) is 0.691. The van der Waals surface area contributed by atoms with Gasteiger partial charge < -0.3 is 9.47 Å². The van der Waals surface area contributed by atoms with Crippen LogP contribution in [0.25, 0.3) is 5.69 Å². The van der Waals surface area contributed by atoms with E-state index in [0.717, 1.165) is 75.8 Å². The fourth-order valence-corrected chi connectivity index (χ4v) is 3.11. The zero-order valence-electron chi connectivity index (χ0n) is 15.4. The van der Waals surface area contributed by atoms with Crippen molar-refractivity contribution in [3.05, 3.63) is 41.7 Å². The molecule has 3 rings (SSSR count). The fourth-order valence-electron chi connectivity index (χ4n) is 3.11. The summed E-state index contributed by atoms with van der Waals surface area (Å²) in [6, 6.07) is 10.4. The summed E-state index contributed by atoms with van der Waals surface area (Å²) >= 11 is 0. The van der Waals surface area contributed by atoms with Crippen LogP contribution >= 0.6 is 0 Å². The predicted octanol–water partition coefficient (Wildman–Crippen LogP) is 3.10. The number of hydrogen-bond acceptors (Lipinski definition) is 4. The molecule has 2 aromatic rings. The first-order valence-corrected chi connectivity index (χ1v) is 9.41. The van der Waals surface area contributed by atoms with Gasteiger partial charge in [0, 0.05) is 25.3 Å². The summed E-state index contributed by atoms with van der Waals surface area (Å²) in [4.78, 5) is 2.44. The van der Waals surface area contributed by atoms with E-state index >= 15 is 0 Å². The molecule has 0 radical (unpaired) electrons. The molecular weight excluding hydrogens is 314 g/mol. The van der Waals surface area contributed by atoms with Crippen LogP contribution in [-0.4, -0.2) is 54.1 Å². The van der Waals surface area contributed by atoms with Gasteiger partial charge in [-0.05, 0) is 49.6 Å². The van der Waals surface area contributed by atoms with Crippen LogP contribution in [0.4, 0.5) is 0 Å². The predicted molar refractivity (Wildman–Crippen MR) is 99.7 cm³/mol. The molecule has 0 N–H and O–H groups in total. The molecule has 5 nitrogen and oxygen atoms in total. The van der Waals surface area contributed by atoms with Gasteiger partial charge in [0.15, 0.2) is 0 Å². The van der Waals surface area contributed by atoms with Gasteiger partial charge in [0.05, 0.1) is 31.2 Å². The Labute approximate surface area is 150 Å². The number of morpholine rings is 1. The van der Waals surface area contributed by atoms with Crippen molar-refractivity contribution in [3.63, 3.8) is 0 Å². The number of aromatic nitrogens is 2. The van der Waals surface area contributed by atoms with Crippen molar-refractivity contribution >= 4 is 0 Å². The van der Waals surface area contributed by atoms with Gasteiger partial charge in [-0.3, -0.25) is 4.90 Å². The maximum absolute atomic E-state index is 5.88. The monoisotopic (exact) mass is 343 g/mol. The Balaban J connectivity index is 1.51. The Morgan fingerprint density at radius 3 is 2.52 bits per heavy atom. The van der Waals surface area contributed by atoms with Crippen LogP contribution in [0, 0.1) is 0 Å². The van der Waals surface area contributed by atoms with Crippen molar-refractivity contribution in [2.24, 2.45) is 0 Å². The SMILES string of the molecule is CCc1cc(CC)n(-c2ccc(OCCCN3CCOCC3)cc2)n1. The molecule has 5 heteroatoms. The minimum atomic E-state index is 0.749. The van der Waals surface area contributed by atoms with Crippen molar-refractivity contribution in [2.45, 2.75) is 33.1 Å². The van der Waals surface area contributed by atoms with Crippen molar-refractivity contribution in [3.8, 4) is 11.4 Å². The first kappa shape index (κ1) is 18.0. The van der Waals surface area contributed by atoms with E-state index in [9.17, 15) is 0 Å². The molecule has 0 unspecified atom stereocenters. The third-order valence-electron chi connectivity index (χ3n) is 4.63. The maximum atomic E-state index is 5.88. The normalized spacial score (nSPS) is 15.4. The van der Waals surface area contributed by atoms with Gasteiger partial charge in [-0.25, -0.2) is 4.68 Å². The van der Waals surface area contributed by atoms with Gasteiger partial charge in [0.2, 0.25) is 0 Å². The average molecular weight is 343 g/mol. The lowest BCUT2D eigenvalue weighted by Crippen LogP contribution is -2.37. The molecule has 0 atom stereocenters. The third-order valence-corrected chi connectivity index (χ3v) is 4.63. The Kier molecular flexibility index (Phi) is 6.48. The highest BCUT2D eigenvalue weighted by atomic mass is 16.5. The van der Waals surface area contributed by atoms with E-state index in [-0.39, 0.29) is 0 Å². The minimum absolute atomic E-state index is 0.749. The Morgan fingerprint density at radius 1 is 1.08 bits per heavy atom. The number of rotatable bonds is 8. The molecule has 1 saturated heterocycles. The van der Waals surface area contributed by atoms with Crippen molar-refractivity contribution in [2.75, 3.05) is 39.5 Å². The number of benzene rings is 1. The molecule has 0 aliphatic carbocycles. The lowest BCUT2D eigenvalue weighted by molar-refractivity contribution is 0.0358. The first-order chi connectivity index (χ1) is 12.3. The zero-order valence-corrected chi connectivity index (χ0v) is 15.4. The zero-order chi connectivity index (χ0) is 17.5. The van der Waals surface area contributed by atoms with Crippen molar-refractivity contribution in [1.82, 2.24) is 14.7 Å². The standard InChI is InChI=1S/C20H29N3O2/c1-3-17-16-18(4-2)23(21-17)19-6-8-20(9-7-19)25-13-5-10-22-11-14-24-15-12-22/h6-9,16H,3-5,10-15H2,1-2H3. The second-order valence-corrected chi connectivity index (χ2v) is 6.40.